The topological polar surface area (TPSA) is 65.8 Å². The largest absolute Gasteiger partial charge is 0.459 e. The van der Waals surface area contributed by atoms with Crippen LogP contribution in [-0.4, -0.2) is 59.4 Å². The number of piperazine rings is 1. The van der Waals surface area contributed by atoms with Gasteiger partial charge in [-0.2, -0.15) is 0 Å². The Morgan fingerprint density at radius 2 is 1.68 bits per heavy atom. The van der Waals surface area contributed by atoms with Crippen LogP contribution in [0, 0.1) is 17.8 Å². The van der Waals surface area contributed by atoms with Crippen LogP contribution in [0.1, 0.15) is 56.0 Å². The fourth-order valence-electron chi connectivity index (χ4n) is 6.66. The third kappa shape index (κ3) is 3.25. The zero-order valence-corrected chi connectivity index (χ0v) is 16.7. The van der Waals surface area contributed by atoms with Crippen LogP contribution in [-0.2, 0) is 4.79 Å². The van der Waals surface area contributed by atoms with Gasteiger partial charge in [-0.05, 0) is 75.3 Å². The van der Waals surface area contributed by atoms with E-state index >= 15 is 0 Å². The van der Waals surface area contributed by atoms with Crippen LogP contribution in [0.5, 0.6) is 0 Å². The Morgan fingerprint density at radius 1 is 1.07 bits per heavy atom. The molecule has 1 unspecified atom stereocenters. The minimum absolute atomic E-state index is 0.0599. The lowest BCUT2D eigenvalue weighted by Crippen LogP contribution is -2.63. The first kappa shape index (κ1) is 18.2. The summed E-state index contributed by atoms with van der Waals surface area (Å²) in [4.78, 5) is 29.5. The first-order chi connectivity index (χ1) is 13.5. The quantitative estimate of drug-likeness (QED) is 0.865. The minimum atomic E-state index is -0.145. The number of carbonyl (C=O) groups excluding carboxylic acids is 2. The highest BCUT2D eigenvalue weighted by atomic mass is 16.3. The molecule has 5 aliphatic rings. The second-order valence-electron chi connectivity index (χ2n) is 9.67. The summed E-state index contributed by atoms with van der Waals surface area (Å²) in [6.45, 7) is 4.73. The second-order valence-corrected chi connectivity index (χ2v) is 9.67. The minimum Gasteiger partial charge on any atom is -0.459 e. The molecule has 1 aromatic heterocycles. The Bertz CT molecular complexity index is 701. The molecule has 4 aliphatic carbocycles. The predicted octanol–water partition coefficient (Wildman–Crippen LogP) is 2.51. The zero-order valence-electron chi connectivity index (χ0n) is 16.7. The van der Waals surface area contributed by atoms with Gasteiger partial charge in [0.25, 0.3) is 5.91 Å². The van der Waals surface area contributed by atoms with Gasteiger partial charge >= 0.3 is 0 Å². The van der Waals surface area contributed by atoms with E-state index in [9.17, 15) is 9.59 Å². The van der Waals surface area contributed by atoms with Crippen LogP contribution in [0.2, 0.25) is 0 Å². The van der Waals surface area contributed by atoms with Gasteiger partial charge in [-0.15, -0.1) is 0 Å². The fraction of sp³-hybridized carbons (Fsp3) is 0.727. The molecular formula is C22H31N3O3. The summed E-state index contributed by atoms with van der Waals surface area (Å²) in [5.74, 6) is 3.00. The van der Waals surface area contributed by atoms with Crippen LogP contribution < -0.4 is 5.32 Å². The number of hydrogen-bond donors (Lipinski definition) is 1. The van der Waals surface area contributed by atoms with Crippen molar-refractivity contribution in [3.05, 3.63) is 24.2 Å². The van der Waals surface area contributed by atoms with Crippen molar-refractivity contribution in [1.29, 1.82) is 0 Å². The van der Waals surface area contributed by atoms with Crippen LogP contribution in [0.25, 0.3) is 0 Å². The molecule has 4 bridgehead atoms. The normalized spacial score (nSPS) is 35.8. The van der Waals surface area contributed by atoms with Gasteiger partial charge in [0.15, 0.2) is 5.76 Å². The molecule has 2 heterocycles. The van der Waals surface area contributed by atoms with Crippen LogP contribution >= 0.6 is 0 Å². The molecule has 5 fully saturated rings. The summed E-state index contributed by atoms with van der Waals surface area (Å²) in [6.07, 6.45) is 9.23. The van der Waals surface area contributed by atoms with Crippen molar-refractivity contribution in [1.82, 2.24) is 15.1 Å². The van der Waals surface area contributed by atoms with Gasteiger partial charge in [0.05, 0.1) is 12.3 Å². The third-order valence-corrected chi connectivity index (χ3v) is 7.69. The SMILES string of the molecule is CC(C(=O)NC12CC3CC(CC(C3)C1)C2)N1CCN(C(=O)c2ccco2)CC1. The molecule has 1 aliphatic heterocycles. The molecule has 6 rings (SSSR count). The van der Waals surface area contributed by atoms with Crippen molar-refractivity contribution in [3.8, 4) is 0 Å². The lowest BCUT2D eigenvalue weighted by Gasteiger charge is -2.57. The summed E-state index contributed by atoms with van der Waals surface area (Å²) in [5.41, 5.74) is 0.0666. The number of furan rings is 1. The maximum atomic E-state index is 13.1. The molecule has 1 N–H and O–H groups in total. The number of rotatable bonds is 4. The number of hydrogen-bond acceptors (Lipinski definition) is 4. The molecule has 0 radical (unpaired) electrons. The lowest BCUT2D eigenvalue weighted by molar-refractivity contribution is -0.132. The average molecular weight is 386 g/mol. The zero-order chi connectivity index (χ0) is 19.3. The van der Waals surface area contributed by atoms with E-state index in [0.29, 0.717) is 18.8 Å². The van der Waals surface area contributed by atoms with Crippen molar-refractivity contribution in [3.63, 3.8) is 0 Å². The van der Waals surface area contributed by atoms with Crippen molar-refractivity contribution >= 4 is 11.8 Å². The van der Waals surface area contributed by atoms with E-state index in [2.05, 4.69) is 10.2 Å². The Morgan fingerprint density at radius 3 is 2.21 bits per heavy atom. The highest BCUT2D eigenvalue weighted by Gasteiger charge is 2.51. The summed E-state index contributed by atoms with van der Waals surface area (Å²) < 4.78 is 5.23. The highest BCUT2D eigenvalue weighted by Crippen LogP contribution is 2.55. The summed E-state index contributed by atoms with van der Waals surface area (Å²) in [5, 5.41) is 3.50. The fourth-order valence-corrected chi connectivity index (χ4v) is 6.66. The Balaban J connectivity index is 1.17. The van der Waals surface area contributed by atoms with Crippen molar-refractivity contribution < 1.29 is 14.0 Å². The van der Waals surface area contributed by atoms with Crippen LogP contribution in [0.3, 0.4) is 0 Å². The molecule has 6 nitrogen and oxygen atoms in total. The van der Waals surface area contributed by atoms with Gasteiger partial charge in [0.2, 0.25) is 5.91 Å². The Kier molecular flexibility index (Phi) is 4.49. The number of amides is 2. The van der Waals surface area contributed by atoms with Gasteiger partial charge in [0, 0.05) is 31.7 Å². The number of nitrogens with zero attached hydrogens (tertiary/aromatic N) is 2. The van der Waals surface area contributed by atoms with E-state index < -0.39 is 0 Å². The molecular weight excluding hydrogens is 354 g/mol. The van der Waals surface area contributed by atoms with Gasteiger partial charge in [-0.25, -0.2) is 0 Å². The van der Waals surface area contributed by atoms with Crippen molar-refractivity contribution in [2.45, 2.75) is 57.0 Å². The van der Waals surface area contributed by atoms with E-state index in [1.807, 2.05) is 11.8 Å². The molecule has 1 saturated heterocycles. The van der Waals surface area contributed by atoms with Gasteiger partial charge in [0.1, 0.15) is 0 Å². The lowest BCUT2D eigenvalue weighted by atomic mass is 9.53. The van der Waals surface area contributed by atoms with E-state index in [1.54, 1.807) is 12.1 Å². The van der Waals surface area contributed by atoms with Crippen LogP contribution in [0.4, 0.5) is 0 Å². The van der Waals surface area contributed by atoms with Crippen molar-refractivity contribution in [2.75, 3.05) is 26.2 Å². The van der Waals surface area contributed by atoms with E-state index in [1.165, 1.54) is 44.8 Å². The van der Waals surface area contributed by atoms with Crippen LogP contribution in [0.15, 0.2) is 22.8 Å². The molecule has 152 valence electrons. The summed E-state index contributed by atoms with van der Waals surface area (Å²) in [6, 6.07) is 3.30. The molecule has 1 atom stereocenters. The molecule has 2 amide bonds. The first-order valence-electron chi connectivity index (χ1n) is 10.9. The molecule has 1 aromatic rings. The second kappa shape index (κ2) is 6.90. The van der Waals surface area contributed by atoms with Gasteiger partial charge < -0.3 is 14.6 Å². The molecule has 6 heteroatoms. The predicted molar refractivity (Wildman–Crippen MR) is 105 cm³/mol. The number of nitrogens with one attached hydrogen (secondary N) is 1. The maximum Gasteiger partial charge on any atom is 0.289 e. The van der Waals surface area contributed by atoms with Crippen molar-refractivity contribution in [2.24, 2.45) is 17.8 Å². The summed E-state index contributed by atoms with van der Waals surface area (Å²) >= 11 is 0. The molecule has 0 aromatic carbocycles. The third-order valence-electron chi connectivity index (χ3n) is 7.69. The molecule has 4 saturated carbocycles. The van der Waals surface area contributed by atoms with E-state index in [-0.39, 0.29) is 23.4 Å². The first-order valence-corrected chi connectivity index (χ1v) is 10.9. The van der Waals surface area contributed by atoms with Gasteiger partial charge in [-0.3, -0.25) is 14.5 Å². The van der Waals surface area contributed by atoms with E-state index in [4.69, 9.17) is 4.42 Å². The molecule has 28 heavy (non-hydrogen) atoms. The Hall–Kier alpha value is -1.82. The highest BCUT2D eigenvalue weighted by molar-refractivity contribution is 5.91. The van der Waals surface area contributed by atoms with Gasteiger partial charge in [-0.1, -0.05) is 0 Å². The Labute approximate surface area is 166 Å². The standard InChI is InChI=1S/C22H31N3O3/c1-15(24-4-6-25(7-5-24)21(27)19-3-2-8-28-19)20(26)23-22-12-16-9-17(13-22)11-18(10-16)14-22/h2-3,8,15-18H,4-7,9-14H2,1H3,(H,23,26). The maximum absolute atomic E-state index is 13.1. The smallest absolute Gasteiger partial charge is 0.289 e. The van der Waals surface area contributed by atoms with E-state index in [0.717, 1.165) is 30.8 Å². The monoisotopic (exact) mass is 385 g/mol. The molecule has 0 spiro atoms. The average Bonchev–Trinajstić information content (AvgIpc) is 3.20. The summed E-state index contributed by atoms with van der Waals surface area (Å²) in [7, 11) is 0. The number of carbonyl (C=O) groups is 2.